The monoisotopic (exact) mass is 303 g/mol. The Balaban J connectivity index is 1.87. The lowest BCUT2D eigenvalue weighted by Crippen LogP contribution is -2.17. The second-order valence-electron chi connectivity index (χ2n) is 4.49. The predicted octanol–water partition coefficient (Wildman–Crippen LogP) is 4.63. The van der Waals surface area contributed by atoms with E-state index in [0.29, 0.717) is 6.54 Å². The molecule has 1 atom stereocenters. The van der Waals surface area contributed by atoms with E-state index in [4.69, 9.17) is 22.1 Å². The van der Waals surface area contributed by atoms with Gasteiger partial charge in [-0.2, -0.15) is 0 Å². The van der Waals surface area contributed by atoms with Crippen LogP contribution < -0.4 is 10.5 Å². The second kappa shape index (κ2) is 5.83. The summed E-state index contributed by atoms with van der Waals surface area (Å²) < 4.78 is 6.75. The van der Waals surface area contributed by atoms with Crippen molar-refractivity contribution in [3.63, 3.8) is 0 Å². The Kier molecular flexibility index (Phi) is 3.92. The van der Waals surface area contributed by atoms with Crippen molar-refractivity contribution in [3.05, 3.63) is 63.8 Å². The standard InChI is InChI=1S/C16H14ClNOS/c17-16-8-7-15(20-16)14(10-18)19-13-6-5-11-3-1-2-4-12(11)9-13/h1-9,14H,10,18H2. The van der Waals surface area contributed by atoms with E-state index in [2.05, 4.69) is 18.2 Å². The molecule has 0 aliphatic carbocycles. The first-order chi connectivity index (χ1) is 9.76. The second-order valence-corrected chi connectivity index (χ2v) is 6.24. The number of hydrogen-bond acceptors (Lipinski definition) is 3. The number of benzene rings is 2. The largest absolute Gasteiger partial charge is 0.484 e. The number of rotatable bonds is 4. The lowest BCUT2D eigenvalue weighted by Gasteiger charge is -2.16. The minimum absolute atomic E-state index is 0.159. The quantitative estimate of drug-likeness (QED) is 0.762. The van der Waals surface area contributed by atoms with E-state index in [0.717, 1.165) is 20.3 Å². The molecule has 0 amide bonds. The molecule has 0 fully saturated rings. The fourth-order valence-corrected chi connectivity index (χ4v) is 3.23. The zero-order valence-electron chi connectivity index (χ0n) is 10.8. The van der Waals surface area contributed by atoms with Gasteiger partial charge in [-0.15, -0.1) is 11.3 Å². The average molecular weight is 304 g/mol. The summed E-state index contributed by atoms with van der Waals surface area (Å²) in [5.74, 6) is 0.823. The van der Waals surface area contributed by atoms with Crippen molar-refractivity contribution < 1.29 is 4.74 Å². The maximum atomic E-state index is 6.00. The third-order valence-corrected chi connectivity index (χ3v) is 4.45. The summed E-state index contributed by atoms with van der Waals surface area (Å²) in [6, 6.07) is 18.1. The molecule has 2 aromatic carbocycles. The highest BCUT2D eigenvalue weighted by atomic mass is 35.5. The Morgan fingerprint density at radius 2 is 1.85 bits per heavy atom. The van der Waals surface area contributed by atoms with Gasteiger partial charge in [0.2, 0.25) is 0 Å². The predicted molar refractivity (Wildman–Crippen MR) is 85.7 cm³/mol. The molecule has 102 valence electrons. The van der Waals surface area contributed by atoms with Crippen LogP contribution in [0.4, 0.5) is 0 Å². The molecule has 3 rings (SSSR count). The molecule has 3 aromatic rings. The van der Waals surface area contributed by atoms with Gasteiger partial charge in [0.05, 0.1) is 4.34 Å². The SMILES string of the molecule is NCC(Oc1ccc2ccccc2c1)c1ccc(Cl)s1. The maximum Gasteiger partial charge on any atom is 0.145 e. The van der Waals surface area contributed by atoms with Crippen LogP contribution in [0.3, 0.4) is 0 Å². The van der Waals surface area contributed by atoms with Crippen LogP contribution in [0.25, 0.3) is 10.8 Å². The molecule has 2 N–H and O–H groups in total. The minimum atomic E-state index is -0.159. The van der Waals surface area contributed by atoms with Crippen molar-refractivity contribution >= 4 is 33.7 Å². The maximum absolute atomic E-state index is 6.00. The molecule has 0 aliphatic heterocycles. The van der Waals surface area contributed by atoms with Crippen molar-refractivity contribution in [2.45, 2.75) is 6.10 Å². The van der Waals surface area contributed by atoms with Gasteiger partial charge in [0.25, 0.3) is 0 Å². The van der Waals surface area contributed by atoms with Gasteiger partial charge in [0, 0.05) is 11.4 Å². The number of hydrogen-bond donors (Lipinski definition) is 1. The molecule has 2 nitrogen and oxygen atoms in total. The van der Waals surface area contributed by atoms with Crippen LogP contribution in [-0.4, -0.2) is 6.54 Å². The zero-order chi connectivity index (χ0) is 13.9. The van der Waals surface area contributed by atoms with Crippen molar-refractivity contribution in [1.82, 2.24) is 0 Å². The lowest BCUT2D eigenvalue weighted by atomic mass is 10.1. The first-order valence-electron chi connectivity index (χ1n) is 6.37. The van der Waals surface area contributed by atoms with Gasteiger partial charge < -0.3 is 10.5 Å². The zero-order valence-corrected chi connectivity index (χ0v) is 12.3. The van der Waals surface area contributed by atoms with Crippen molar-refractivity contribution in [2.24, 2.45) is 5.73 Å². The van der Waals surface area contributed by atoms with E-state index in [9.17, 15) is 0 Å². The van der Waals surface area contributed by atoms with Crippen LogP contribution in [0.2, 0.25) is 4.34 Å². The van der Waals surface area contributed by atoms with Gasteiger partial charge in [-0.1, -0.05) is 41.9 Å². The molecule has 1 heterocycles. The Morgan fingerprint density at radius 3 is 2.55 bits per heavy atom. The van der Waals surface area contributed by atoms with Gasteiger partial charge in [-0.05, 0) is 35.0 Å². The first-order valence-corrected chi connectivity index (χ1v) is 7.56. The van der Waals surface area contributed by atoms with Gasteiger partial charge in [-0.25, -0.2) is 0 Å². The van der Waals surface area contributed by atoms with E-state index in [1.54, 1.807) is 0 Å². The number of fused-ring (bicyclic) bond motifs is 1. The molecule has 0 saturated heterocycles. The van der Waals surface area contributed by atoms with E-state index >= 15 is 0 Å². The molecule has 0 saturated carbocycles. The van der Waals surface area contributed by atoms with Crippen LogP contribution in [0, 0.1) is 0 Å². The van der Waals surface area contributed by atoms with E-state index < -0.39 is 0 Å². The number of nitrogens with two attached hydrogens (primary N) is 1. The van der Waals surface area contributed by atoms with Crippen molar-refractivity contribution in [3.8, 4) is 5.75 Å². The Bertz CT molecular complexity index is 725. The normalized spacial score (nSPS) is 12.5. The van der Waals surface area contributed by atoms with Crippen LogP contribution >= 0.6 is 22.9 Å². The molecule has 0 aliphatic rings. The molecule has 0 radical (unpaired) electrons. The molecule has 1 aromatic heterocycles. The number of thiophene rings is 1. The molecule has 0 bridgehead atoms. The van der Waals surface area contributed by atoms with Crippen LogP contribution in [0.15, 0.2) is 54.6 Å². The lowest BCUT2D eigenvalue weighted by molar-refractivity contribution is 0.218. The third kappa shape index (κ3) is 2.80. The highest BCUT2D eigenvalue weighted by molar-refractivity contribution is 7.16. The van der Waals surface area contributed by atoms with Gasteiger partial charge in [0.15, 0.2) is 0 Å². The minimum Gasteiger partial charge on any atom is -0.484 e. The van der Waals surface area contributed by atoms with E-state index in [-0.39, 0.29) is 6.10 Å². The Hall–Kier alpha value is -1.55. The summed E-state index contributed by atoms with van der Waals surface area (Å²) >= 11 is 7.47. The van der Waals surface area contributed by atoms with Crippen LogP contribution in [-0.2, 0) is 0 Å². The molecule has 4 heteroatoms. The summed E-state index contributed by atoms with van der Waals surface area (Å²) in [5, 5.41) is 2.35. The molecule has 20 heavy (non-hydrogen) atoms. The summed E-state index contributed by atoms with van der Waals surface area (Å²) in [4.78, 5) is 1.05. The van der Waals surface area contributed by atoms with E-state index in [1.165, 1.54) is 16.7 Å². The highest BCUT2D eigenvalue weighted by Crippen LogP contribution is 2.30. The molecular formula is C16H14ClNOS. The topological polar surface area (TPSA) is 35.2 Å². The first kappa shape index (κ1) is 13.4. The molecule has 0 spiro atoms. The average Bonchev–Trinajstić information content (AvgIpc) is 2.91. The smallest absolute Gasteiger partial charge is 0.145 e. The summed E-state index contributed by atoms with van der Waals surface area (Å²) in [6.45, 7) is 0.420. The van der Waals surface area contributed by atoms with Crippen LogP contribution in [0.1, 0.15) is 11.0 Å². The van der Waals surface area contributed by atoms with Crippen molar-refractivity contribution in [2.75, 3.05) is 6.54 Å². The Labute approximate surface area is 126 Å². The highest BCUT2D eigenvalue weighted by Gasteiger charge is 2.14. The van der Waals surface area contributed by atoms with Gasteiger partial charge in [-0.3, -0.25) is 0 Å². The number of halogens is 1. The van der Waals surface area contributed by atoms with E-state index in [1.807, 2.05) is 36.4 Å². The van der Waals surface area contributed by atoms with Crippen molar-refractivity contribution in [1.29, 1.82) is 0 Å². The number of ether oxygens (including phenoxy) is 1. The third-order valence-electron chi connectivity index (χ3n) is 3.12. The summed E-state index contributed by atoms with van der Waals surface area (Å²) in [5.41, 5.74) is 5.81. The Morgan fingerprint density at radius 1 is 1.05 bits per heavy atom. The summed E-state index contributed by atoms with van der Waals surface area (Å²) in [6.07, 6.45) is -0.159. The molecule has 1 unspecified atom stereocenters. The fraction of sp³-hybridized carbons (Fsp3) is 0.125. The van der Waals surface area contributed by atoms with Gasteiger partial charge >= 0.3 is 0 Å². The van der Waals surface area contributed by atoms with Gasteiger partial charge in [0.1, 0.15) is 11.9 Å². The fourth-order valence-electron chi connectivity index (χ4n) is 2.13. The summed E-state index contributed by atoms with van der Waals surface area (Å²) in [7, 11) is 0. The van der Waals surface area contributed by atoms with Crippen LogP contribution in [0.5, 0.6) is 5.75 Å². The molecular weight excluding hydrogens is 290 g/mol.